The number of anilines is 2. The van der Waals surface area contributed by atoms with Gasteiger partial charge in [-0.3, -0.25) is 9.58 Å². The van der Waals surface area contributed by atoms with Crippen molar-refractivity contribution < 1.29 is 37.9 Å². The van der Waals surface area contributed by atoms with Crippen LogP contribution in [0.1, 0.15) is 57.9 Å². The molecule has 2 bridgehead atoms. The number of benzene rings is 1. The molecule has 7 rings (SSSR count). The molecule has 1 aromatic carbocycles. The van der Waals surface area contributed by atoms with Crippen molar-refractivity contribution in [1.29, 1.82) is 0 Å². The second-order valence-electron chi connectivity index (χ2n) is 15.3. The van der Waals surface area contributed by atoms with Gasteiger partial charge in [0, 0.05) is 56.2 Å². The van der Waals surface area contributed by atoms with Crippen LogP contribution in [0.4, 0.5) is 11.6 Å². The number of ether oxygens (including phenoxy) is 8. The van der Waals surface area contributed by atoms with Crippen LogP contribution < -0.4 is 14.8 Å². The van der Waals surface area contributed by atoms with Gasteiger partial charge in [0.25, 0.3) is 5.88 Å². The maximum Gasteiger partial charge on any atom is 0.256 e. The number of halogens is 1. The van der Waals surface area contributed by atoms with Crippen LogP contribution in [0.25, 0.3) is 11.1 Å². The van der Waals surface area contributed by atoms with Crippen molar-refractivity contribution in [3.63, 3.8) is 0 Å². The van der Waals surface area contributed by atoms with E-state index in [0.717, 1.165) is 50.0 Å². The SMILES string of the molecule is COCCOCCOCCOCCOCCCOc1nn(C2CCC(N3[C@@H]4CC[C@H]3COC4)CC2)cc1Nc1ncc(-c2ccc(Cl)c(O[C@@H](C)Cn3cnnn3)c2)cn1. The summed E-state index contributed by atoms with van der Waals surface area (Å²) in [5.41, 5.74) is 2.39. The minimum absolute atomic E-state index is 0.220. The number of hydrogen-bond donors (Lipinski definition) is 1. The van der Waals surface area contributed by atoms with Gasteiger partial charge in [0.2, 0.25) is 5.95 Å². The summed E-state index contributed by atoms with van der Waals surface area (Å²) in [6.07, 6.45) is 14.5. The summed E-state index contributed by atoms with van der Waals surface area (Å²) >= 11 is 6.50. The highest BCUT2D eigenvalue weighted by atomic mass is 35.5. The van der Waals surface area contributed by atoms with Crippen LogP contribution in [-0.2, 0) is 35.0 Å². The molecular formula is C41H59ClN10O8. The number of methoxy groups -OCH3 is 1. The van der Waals surface area contributed by atoms with E-state index in [1.54, 1.807) is 36.6 Å². The third-order valence-electron chi connectivity index (χ3n) is 11.0. The summed E-state index contributed by atoms with van der Waals surface area (Å²) in [4.78, 5) is 12.1. The van der Waals surface area contributed by atoms with Gasteiger partial charge in [0.05, 0.1) is 96.5 Å². The summed E-state index contributed by atoms with van der Waals surface area (Å²) < 4.78 is 49.2. The van der Waals surface area contributed by atoms with Gasteiger partial charge in [-0.2, -0.15) is 0 Å². The van der Waals surface area contributed by atoms with Crippen molar-refractivity contribution in [2.45, 2.75) is 88.7 Å². The van der Waals surface area contributed by atoms with Gasteiger partial charge in [0.1, 0.15) is 23.9 Å². The van der Waals surface area contributed by atoms with Crippen molar-refractivity contribution in [2.24, 2.45) is 0 Å². The molecule has 0 radical (unpaired) electrons. The van der Waals surface area contributed by atoms with Crippen LogP contribution in [0.5, 0.6) is 11.6 Å². The number of tetrazole rings is 1. The van der Waals surface area contributed by atoms with Gasteiger partial charge < -0.3 is 43.2 Å². The molecule has 19 heteroatoms. The molecule has 5 heterocycles. The van der Waals surface area contributed by atoms with Gasteiger partial charge in [0.15, 0.2) is 0 Å². The van der Waals surface area contributed by atoms with E-state index in [1.165, 1.54) is 12.8 Å². The zero-order valence-electron chi connectivity index (χ0n) is 34.7. The van der Waals surface area contributed by atoms with Crippen LogP contribution in [0.2, 0.25) is 5.02 Å². The number of nitrogens with zero attached hydrogens (tertiary/aromatic N) is 9. The molecule has 0 amide bonds. The first-order chi connectivity index (χ1) is 29.5. The molecule has 1 N–H and O–H groups in total. The van der Waals surface area contributed by atoms with Crippen molar-refractivity contribution in [3.8, 4) is 22.8 Å². The third kappa shape index (κ3) is 12.8. The fourth-order valence-electron chi connectivity index (χ4n) is 8.08. The van der Waals surface area contributed by atoms with Crippen molar-refractivity contribution in [1.82, 2.24) is 44.9 Å². The minimum atomic E-state index is -0.220. The molecular weight excluding hydrogens is 796 g/mol. The summed E-state index contributed by atoms with van der Waals surface area (Å²) in [5.74, 6) is 1.49. The lowest BCUT2D eigenvalue weighted by molar-refractivity contribution is -0.0458. The highest BCUT2D eigenvalue weighted by molar-refractivity contribution is 6.32. The molecule has 2 saturated heterocycles. The van der Waals surface area contributed by atoms with Crippen LogP contribution >= 0.6 is 11.6 Å². The first-order valence-electron chi connectivity index (χ1n) is 21.2. The Bertz CT molecular complexity index is 1820. The molecule has 0 unspecified atom stereocenters. The number of rotatable bonds is 26. The van der Waals surface area contributed by atoms with E-state index in [9.17, 15) is 0 Å². The number of morpholine rings is 1. The summed E-state index contributed by atoms with van der Waals surface area (Å²) in [7, 11) is 1.65. The Morgan fingerprint density at radius 2 is 1.45 bits per heavy atom. The Hall–Kier alpha value is -4.01. The third-order valence-corrected chi connectivity index (χ3v) is 11.3. The molecule has 3 fully saturated rings. The Morgan fingerprint density at radius 1 is 0.800 bits per heavy atom. The van der Waals surface area contributed by atoms with Crippen LogP contribution in [0.15, 0.2) is 43.1 Å². The fourth-order valence-corrected chi connectivity index (χ4v) is 8.24. The molecule has 4 aromatic rings. The average molecular weight is 855 g/mol. The average Bonchev–Trinajstić information content (AvgIpc) is 3.99. The quantitative estimate of drug-likeness (QED) is 0.0833. The second kappa shape index (κ2) is 23.3. The maximum atomic E-state index is 6.50. The maximum absolute atomic E-state index is 6.50. The number of fused-ring (bicyclic) bond motifs is 2. The van der Waals surface area contributed by atoms with Crippen LogP contribution in [-0.4, -0.2) is 155 Å². The molecule has 2 aliphatic heterocycles. The zero-order valence-corrected chi connectivity index (χ0v) is 35.5. The number of hydrogen-bond acceptors (Lipinski definition) is 16. The predicted molar refractivity (Wildman–Crippen MR) is 222 cm³/mol. The van der Waals surface area contributed by atoms with E-state index in [0.29, 0.717) is 125 Å². The molecule has 328 valence electrons. The zero-order chi connectivity index (χ0) is 41.4. The lowest BCUT2D eigenvalue weighted by Crippen LogP contribution is -2.52. The predicted octanol–water partition coefficient (Wildman–Crippen LogP) is 5.02. The molecule has 60 heavy (non-hydrogen) atoms. The number of aromatic nitrogens is 8. The monoisotopic (exact) mass is 854 g/mol. The Kier molecular flexibility index (Phi) is 17.1. The highest BCUT2D eigenvalue weighted by Crippen LogP contribution is 2.40. The van der Waals surface area contributed by atoms with Crippen molar-refractivity contribution in [3.05, 3.63) is 48.1 Å². The van der Waals surface area contributed by atoms with E-state index >= 15 is 0 Å². The Balaban J connectivity index is 0.908. The van der Waals surface area contributed by atoms with E-state index in [4.69, 9.17) is 54.6 Å². The summed E-state index contributed by atoms with van der Waals surface area (Å²) in [5, 5.41) is 20.1. The lowest BCUT2D eigenvalue weighted by Gasteiger charge is -2.43. The van der Waals surface area contributed by atoms with Gasteiger partial charge in [-0.25, -0.2) is 14.6 Å². The first kappa shape index (κ1) is 44.1. The van der Waals surface area contributed by atoms with Crippen LogP contribution in [0.3, 0.4) is 0 Å². The Morgan fingerprint density at radius 3 is 2.12 bits per heavy atom. The van der Waals surface area contributed by atoms with Gasteiger partial charge in [-0.05, 0) is 73.6 Å². The fraction of sp³-hybridized carbons (Fsp3) is 0.659. The minimum Gasteiger partial charge on any atom is -0.487 e. The summed E-state index contributed by atoms with van der Waals surface area (Å²) in [6, 6.07) is 7.64. The molecule has 3 aromatic heterocycles. The topological polar surface area (TPSA) is 176 Å². The Labute approximate surface area is 356 Å². The first-order valence-corrected chi connectivity index (χ1v) is 21.5. The van der Waals surface area contributed by atoms with Gasteiger partial charge in [-0.15, -0.1) is 10.2 Å². The van der Waals surface area contributed by atoms with E-state index in [2.05, 4.69) is 40.4 Å². The lowest BCUT2D eigenvalue weighted by atomic mass is 9.89. The van der Waals surface area contributed by atoms with Gasteiger partial charge in [-0.1, -0.05) is 17.7 Å². The molecule has 18 nitrogen and oxygen atoms in total. The highest BCUT2D eigenvalue weighted by Gasteiger charge is 2.42. The standard InChI is InChI=1S/C41H59ClN10O8/c1-30(25-50-29-45-48-49-50)60-39-22-31(4-11-37(39)42)32-23-43-41(44-24-32)46-38-26-51(33-5-7-34(8-6-33)52-35-9-10-36(52)28-58-27-35)47-40(38)59-13-3-12-54-16-17-56-20-21-57-19-18-55-15-14-53-2/h4,11,22-24,26,29-30,33-36H,3,5-10,12-21,25,27-28H2,1-2H3,(H,43,44,46)/t30-,33?,34?,35-,36+/m0/s1. The van der Waals surface area contributed by atoms with E-state index in [1.807, 2.05) is 25.3 Å². The second-order valence-corrected chi connectivity index (χ2v) is 15.7. The molecule has 0 spiro atoms. The summed E-state index contributed by atoms with van der Waals surface area (Å²) in [6.45, 7) is 9.36. The van der Waals surface area contributed by atoms with Crippen molar-refractivity contribution in [2.75, 3.05) is 91.7 Å². The molecule has 1 saturated carbocycles. The van der Waals surface area contributed by atoms with Crippen molar-refractivity contribution >= 4 is 23.2 Å². The molecule has 3 aliphatic rings. The van der Waals surface area contributed by atoms with Crippen LogP contribution in [0, 0.1) is 0 Å². The normalized spacial score (nSPS) is 21.0. The molecule has 1 aliphatic carbocycles. The largest absolute Gasteiger partial charge is 0.487 e. The molecule has 3 atom stereocenters. The number of nitrogens with one attached hydrogen (secondary N) is 1. The van der Waals surface area contributed by atoms with E-state index in [-0.39, 0.29) is 12.1 Å². The van der Waals surface area contributed by atoms with Gasteiger partial charge >= 0.3 is 0 Å². The van der Waals surface area contributed by atoms with E-state index < -0.39 is 0 Å². The smallest absolute Gasteiger partial charge is 0.256 e.